The van der Waals surface area contributed by atoms with E-state index in [4.69, 9.17) is 0 Å². The van der Waals surface area contributed by atoms with Crippen molar-refractivity contribution >= 4 is 38.9 Å². The molecule has 0 aliphatic carbocycles. The van der Waals surface area contributed by atoms with Crippen molar-refractivity contribution in [2.45, 2.75) is 25.8 Å². The number of aryl methyl sites for hydroxylation is 1. The number of piperidine rings is 1. The van der Waals surface area contributed by atoms with Crippen LogP contribution in [-0.2, 0) is 0 Å². The van der Waals surface area contributed by atoms with Gasteiger partial charge in [0.25, 0.3) is 0 Å². The lowest BCUT2D eigenvalue weighted by Crippen LogP contribution is -2.36. The van der Waals surface area contributed by atoms with Crippen LogP contribution in [0.2, 0.25) is 0 Å². The van der Waals surface area contributed by atoms with Gasteiger partial charge in [0.2, 0.25) is 0 Å². The predicted molar refractivity (Wildman–Crippen MR) is 136 cm³/mol. The van der Waals surface area contributed by atoms with Gasteiger partial charge in [-0.3, -0.25) is 4.79 Å². The Balaban J connectivity index is 1.58. The van der Waals surface area contributed by atoms with Gasteiger partial charge in [0, 0.05) is 29.4 Å². The zero-order chi connectivity index (χ0) is 22.1. The maximum Gasteiger partial charge on any atom is 0.196 e. The van der Waals surface area contributed by atoms with E-state index in [2.05, 4.69) is 58.6 Å². The molecule has 1 aromatic heterocycles. The first-order valence-electron chi connectivity index (χ1n) is 11.3. The number of hydrogen-bond donors (Lipinski definition) is 1. The molecule has 0 bridgehead atoms. The minimum atomic E-state index is 0.0983. The van der Waals surface area contributed by atoms with Crippen LogP contribution in [0.5, 0.6) is 0 Å². The van der Waals surface area contributed by atoms with Gasteiger partial charge < -0.3 is 15.1 Å². The summed E-state index contributed by atoms with van der Waals surface area (Å²) in [5.74, 6) is 0.0983. The fraction of sp³-hybridized carbons (Fsp3) is 0.296. The molecule has 0 unspecified atom stereocenters. The van der Waals surface area contributed by atoms with Crippen molar-refractivity contribution < 1.29 is 4.79 Å². The summed E-state index contributed by atoms with van der Waals surface area (Å²) < 4.78 is 0. The van der Waals surface area contributed by atoms with Crippen molar-refractivity contribution in [1.82, 2.24) is 4.90 Å². The molecule has 164 valence electrons. The van der Waals surface area contributed by atoms with Gasteiger partial charge >= 0.3 is 0 Å². The zero-order valence-electron chi connectivity index (χ0n) is 18.7. The lowest BCUT2D eigenvalue weighted by atomic mass is 9.97. The molecule has 2 aliphatic rings. The molecule has 5 rings (SSSR count). The largest absolute Gasteiger partial charge is 0.373 e. The molecule has 0 radical (unpaired) electrons. The summed E-state index contributed by atoms with van der Waals surface area (Å²) in [6, 6.07) is 18.8. The number of para-hydroxylation sites is 1. The molecule has 2 aliphatic heterocycles. The second-order valence-electron chi connectivity index (χ2n) is 8.79. The van der Waals surface area contributed by atoms with Crippen molar-refractivity contribution in [3.8, 4) is 0 Å². The quantitative estimate of drug-likeness (QED) is 0.494. The van der Waals surface area contributed by atoms with E-state index in [0.717, 1.165) is 70.4 Å². The molecule has 0 saturated carbocycles. The molecular formula is C27H29N3OS. The molecule has 4 nitrogen and oxygen atoms in total. The molecule has 0 atom stereocenters. The molecule has 0 spiro atoms. The van der Waals surface area contributed by atoms with Gasteiger partial charge in [-0.25, -0.2) is 0 Å². The molecule has 3 heterocycles. The molecule has 2 aromatic carbocycles. The summed E-state index contributed by atoms with van der Waals surface area (Å²) in [6.45, 7) is 5.01. The average Bonchev–Trinajstić information content (AvgIpc) is 3.18. The lowest BCUT2D eigenvalue weighted by molar-refractivity contribution is 0.103. The van der Waals surface area contributed by atoms with Crippen LogP contribution in [0, 0.1) is 6.92 Å². The van der Waals surface area contributed by atoms with Crippen LogP contribution in [-0.4, -0.2) is 43.4 Å². The van der Waals surface area contributed by atoms with E-state index in [1.165, 1.54) is 0 Å². The van der Waals surface area contributed by atoms with Crippen molar-refractivity contribution in [2.75, 3.05) is 36.9 Å². The third-order valence-electron chi connectivity index (χ3n) is 6.37. The minimum Gasteiger partial charge on any atom is -0.373 e. The lowest BCUT2D eigenvalue weighted by Gasteiger charge is -2.30. The molecule has 0 amide bonds. The summed E-state index contributed by atoms with van der Waals surface area (Å²) in [7, 11) is 2.18. The fourth-order valence-corrected chi connectivity index (χ4v) is 5.87. The summed E-state index contributed by atoms with van der Waals surface area (Å²) in [5, 5.41) is 5.92. The normalized spacial score (nSPS) is 16.8. The van der Waals surface area contributed by atoms with Gasteiger partial charge in [-0.2, -0.15) is 0 Å². The Morgan fingerprint density at radius 2 is 1.84 bits per heavy atom. The summed E-state index contributed by atoms with van der Waals surface area (Å²) in [5.41, 5.74) is 4.85. The van der Waals surface area contributed by atoms with Gasteiger partial charge in [-0.05, 0) is 58.1 Å². The molecule has 1 fully saturated rings. The second kappa shape index (κ2) is 8.93. The predicted octanol–water partition coefficient (Wildman–Crippen LogP) is 5.96. The van der Waals surface area contributed by atoms with E-state index in [-0.39, 0.29) is 5.78 Å². The highest BCUT2D eigenvalue weighted by molar-refractivity contribution is 7.21. The van der Waals surface area contributed by atoms with Crippen molar-refractivity contribution in [1.29, 1.82) is 0 Å². The molecule has 1 N–H and O–H groups in total. The number of nitrogens with one attached hydrogen (secondary N) is 1. The first kappa shape index (κ1) is 21.0. The molecule has 3 aromatic rings. The SMILES string of the molecule is Cc1cccc(C(=O)c2c(NC3CCN(C)CC3)sc3c2C=CCN3c2ccccc2)c1. The Kier molecular flexibility index (Phi) is 5.85. The van der Waals surface area contributed by atoms with Gasteiger partial charge in [-0.15, -0.1) is 0 Å². The highest BCUT2D eigenvalue weighted by atomic mass is 32.1. The Bertz CT molecular complexity index is 1140. The number of carbonyl (C=O) groups is 1. The Labute approximate surface area is 194 Å². The second-order valence-corrected chi connectivity index (χ2v) is 9.79. The highest BCUT2D eigenvalue weighted by Gasteiger charge is 2.30. The molecular weight excluding hydrogens is 414 g/mol. The summed E-state index contributed by atoms with van der Waals surface area (Å²) >= 11 is 1.72. The van der Waals surface area contributed by atoms with E-state index < -0.39 is 0 Å². The third-order valence-corrected chi connectivity index (χ3v) is 7.53. The van der Waals surface area contributed by atoms with Crippen molar-refractivity contribution in [3.05, 3.63) is 82.9 Å². The number of rotatable bonds is 5. The van der Waals surface area contributed by atoms with E-state index in [9.17, 15) is 4.79 Å². The summed E-state index contributed by atoms with van der Waals surface area (Å²) in [4.78, 5) is 18.5. The van der Waals surface area contributed by atoms with Gasteiger partial charge in [0.15, 0.2) is 5.78 Å². The maximum absolute atomic E-state index is 13.8. The highest BCUT2D eigenvalue weighted by Crippen LogP contribution is 2.46. The smallest absolute Gasteiger partial charge is 0.196 e. The van der Waals surface area contributed by atoms with Gasteiger partial charge in [-0.1, -0.05) is 65.5 Å². The van der Waals surface area contributed by atoms with Crippen molar-refractivity contribution in [3.63, 3.8) is 0 Å². The number of fused-ring (bicyclic) bond motifs is 1. The van der Waals surface area contributed by atoms with Crippen LogP contribution in [0.1, 0.15) is 39.9 Å². The first-order chi connectivity index (χ1) is 15.6. The van der Waals surface area contributed by atoms with Gasteiger partial charge in [0.1, 0.15) is 10.0 Å². The number of nitrogens with zero attached hydrogens (tertiary/aromatic N) is 2. The first-order valence-corrected chi connectivity index (χ1v) is 12.1. The number of hydrogen-bond acceptors (Lipinski definition) is 5. The Morgan fingerprint density at radius 3 is 2.59 bits per heavy atom. The van der Waals surface area contributed by atoms with Crippen LogP contribution < -0.4 is 10.2 Å². The van der Waals surface area contributed by atoms with E-state index >= 15 is 0 Å². The third kappa shape index (κ3) is 4.10. The number of anilines is 3. The number of carbonyl (C=O) groups excluding carboxylic acids is 1. The zero-order valence-corrected chi connectivity index (χ0v) is 19.5. The number of likely N-dealkylation sites (tertiary alicyclic amines) is 1. The van der Waals surface area contributed by atoms with Crippen LogP contribution in [0.4, 0.5) is 15.7 Å². The van der Waals surface area contributed by atoms with E-state index in [1.54, 1.807) is 11.3 Å². The topological polar surface area (TPSA) is 35.6 Å². The van der Waals surface area contributed by atoms with Crippen LogP contribution in [0.15, 0.2) is 60.7 Å². The molecule has 5 heteroatoms. The minimum absolute atomic E-state index is 0.0983. The number of benzene rings is 2. The summed E-state index contributed by atoms with van der Waals surface area (Å²) in [6.07, 6.45) is 6.48. The molecule has 32 heavy (non-hydrogen) atoms. The number of ketones is 1. The maximum atomic E-state index is 13.8. The standard InChI is InChI=1S/C27H29N3OS/c1-19-8-6-9-20(18-19)25(31)24-23-12-7-15-30(22-10-4-3-5-11-22)27(23)32-26(24)28-21-13-16-29(2)17-14-21/h3-12,18,21,28H,13-17H2,1-2H3. The van der Waals surface area contributed by atoms with Crippen molar-refractivity contribution in [2.24, 2.45) is 0 Å². The van der Waals surface area contributed by atoms with E-state index in [1.807, 2.05) is 37.3 Å². The molecule has 1 saturated heterocycles. The fourth-order valence-electron chi connectivity index (χ4n) is 4.57. The van der Waals surface area contributed by atoms with Crippen LogP contribution in [0.3, 0.4) is 0 Å². The Hall–Kier alpha value is -2.89. The number of thiophene rings is 1. The van der Waals surface area contributed by atoms with Crippen LogP contribution in [0.25, 0.3) is 6.08 Å². The average molecular weight is 444 g/mol. The van der Waals surface area contributed by atoms with E-state index in [0.29, 0.717) is 6.04 Å². The van der Waals surface area contributed by atoms with Crippen LogP contribution >= 0.6 is 11.3 Å². The van der Waals surface area contributed by atoms with Gasteiger partial charge in [0.05, 0.1) is 5.56 Å². The Morgan fingerprint density at radius 1 is 1.06 bits per heavy atom. The monoisotopic (exact) mass is 443 g/mol.